The summed E-state index contributed by atoms with van der Waals surface area (Å²) in [5.41, 5.74) is 0.951. The van der Waals surface area contributed by atoms with Gasteiger partial charge in [0.1, 0.15) is 17.8 Å². The molecule has 3 aliphatic heterocycles. The molecule has 4 aliphatic rings. The molecule has 3 saturated heterocycles. The normalized spacial score (nSPS) is 25.4. The Morgan fingerprint density at radius 3 is 2.47 bits per heavy atom. The number of halogens is 1. The summed E-state index contributed by atoms with van der Waals surface area (Å²) in [5.74, 6) is -0.294. The second kappa shape index (κ2) is 8.27. The molecule has 2 bridgehead atoms. The maximum Gasteiger partial charge on any atom is 0.332 e. The summed E-state index contributed by atoms with van der Waals surface area (Å²) in [5, 5.41) is 11.3. The van der Waals surface area contributed by atoms with Gasteiger partial charge < -0.3 is 9.80 Å². The summed E-state index contributed by atoms with van der Waals surface area (Å²) in [6.45, 7) is 0.425. The highest BCUT2D eigenvalue weighted by atomic mass is 35.5. The molecule has 0 N–H and O–H groups in total. The van der Waals surface area contributed by atoms with Gasteiger partial charge in [-0.2, -0.15) is 5.26 Å². The van der Waals surface area contributed by atoms with Gasteiger partial charge in [0.05, 0.1) is 29.4 Å². The first-order valence-corrected chi connectivity index (χ1v) is 13.3. The van der Waals surface area contributed by atoms with Crippen LogP contribution in [0.2, 0.25) is 5.02 Å². The predicted molar refractivity (Wildman–Crippen MR) is 140 cm³/mol. The number of benzene rings is 2. The lowest BCUT2D eigenvalue weighted by molar-refractivity contribution is -0.141. The molecule has 4 amide bonds. The van der Waals surface area contributed by atoms with E-state index in [0.717, 1.165) is 31.2 Å². The maximum atomic E-state index is 14.2. The van der Waals surface area contributed by atoms with Crippen molar-refractivity contribution in [1.29, 1.82) is 5.26 Å². The molecule has 1 saturated carbocycles. The van der Waals surface area contributed by atoms with Crippen molar-refractivity contribution in [3.05, 3.63) is 71.0 Å². The molecule has 190 valence electrons. The Hall–Kier alpha value is -3.96. The smallest absolute Gasteiger partial charge is 0.332 e. The van der Waals surface area contributed by atoms with Crippen molar-refractivity contribution in [2.24, 2.45) is 0 Å². The predicted octanol–water partition coefficient (Wildman–Crippen LogP) is 4.39. The number of hydrogen-bond acceptors (Lipinski definition) is 5. The molecule has 4 heterocycles. The van der Waals surface area contributed by atoms with Crippen LogP contribution in [-0.2, 0) is 15.0 Å². The molecule has 2 unspecified atom stereocenters. The summed E-state index contributed by atoms with van der Waals surface area (Å²) < 4.78 is 0. The quantitative estimate of drug-likeness (QED) is 0.472. The van der Waals surface area contributed by atoms with Gasteiger partial charge in [0, 0.05) is 22.3 Å². The number of amides is 4. The number of nitrogens with zero attached hydrogens (tertiary/aromatic N) is 5. The van der Waals surface area contributed by atoms with Crippen LogP contribution in [0.25, 0.3) is 10.8 Å². The number of imide groups is 1. The second-order valence-electron chi connectivity index (χ2n) is 10.7. The van der Waals surface area contributed by atoms with E-state index in [1.165, 1.54) is 11.1 Å². The number of likely N-dealkylation sites (tertiary alicyclic amines) is 1. The van der Waals surface area contributed by atoms with Crippen molar-refractivity contribution in [1.82, 2.24) is 14.8 Å². The van der Waals surface area contributed by atoms with Crippen LogP contribution in [0, 0.1) is 11.3 Å². The summed E-state index contributed by atoms with van der Waals surface area (Å²) in [6.07, 6.45) is 5.49. The van der Waals surface area contributed by atoms with Crippen molar-refractivity contribution >= 4 is 45.9 Å². The monoisotopic (exact) mass is 525 g/mol. The molecule has 0 spiro atoms. The molecule has 3 aromatic rings. The highest BCUT2D eigenvalue weighted by Crippen LogP contribution is 2.48. The van der Waals surface area contributed by atoms with Crippen molar-refractivity contribution in [3.8, 4) is 6.07 Å². The summed E-state index contributed by atoms with van der Waals surface area (Å²) >= 11 is 6.13. The SMILES string of the molecule is N#Cc1ncc(N2C(=O)C3C4C[C@H](CN4C(=O)C4(c5ccc(Cl)cc5)CCCC4)N3C2=O)c2ccccc12. The third-order valence-corrected chi connectivity index (χ3v) is 9.16. The molecule has 7 rings (SSSR count). The summed E-state index contributed by atoms with van der Waals surface area (Å²) in [7, 11) is 0. The van der Waals surface area contributed by atoms with Gasteiger partial charge in [-0.05, 0) is 37.0 Å². The molecule has 1 aliphatic carbocycles. The van der Waals surface area contributed by atoms with Gasteiger partial charge in [-0.1, -0.05) is 60.8 Å². The van der Waals surface area contributed by atoms with Crippen LogP contribution in [0.3, 0.4) is 0 Å². The molecule has 1 aromatic heterocycles. The number of piperazine rings is 1. The molecule has 38 heavy (non-hydrogen) atoms. The van der Waals surface area contributed by atoms with Crippen molar-refractivity contribution < 1.29 is 14.4 Å². The van der Waals surface area contributed by atoms with Crippen LogP contribution in [-0.4, -0.2) is 57.3 Å². The van der Waals surface area contributed by atoms with Crippen LogP contribution in [0.15, 0.2) is 54.7 Å². The number of pyridine rings is 1. The zero-order valence-electron chi connectivity index (χ0n) is 20.5. The lowest BCUT2D eigenvalue weighted by atomic mass is 9.77. The van der Waals surface area contributed by atoms with Gasteiger partial charge in [-0.3, -0.25) is 9.59 Å². The van der Waals surface area contributed by atoms with Gasteiger partial charge in [-0.25, -0.2) is 14.7 Å². The average Bonchev–Trinajstić information content (AvgIpc) is 3.72. The van der Waals surface area contributed by atoms with E-state index in [-0.39, 0.29) is 35.6 Å². The molecule has 9 heteroatoms. The van der Waals surface area contributed by atoms with Gasteiger partial charge in [0.25, 0.3) is 5.91 Å². The minimum atomic E-state index is -0.719. The minimum absolute atomic E-state index is 0.0497. The lowest BCUT2D eigenvalue weighted by Gasteiger charge is -2.40. The molecular weight excluding hydrogens is 502 g/mol. The largest absolute Gasteiger partial charge is 0.334 e. The first-order chi connectivity index (χ1) is 18.4. The standard InChI is InChI=1S/C29H24ClN5O3/c30-18-9-7-17(8-10-18)29(11-3-4-12-29)27(37)33-16-19-13-23(33)25-26(36)35(28(38)34(19)25)24-15-32-22(14-31)20-5-1-2-6-21(20)24/h1-2,5-10,15,19,23,25H,3-4,11-13,16H2/t19-,23?,25?/m1/s1. The van der Waals surface area contributed by atoms with Crippen molar-refractivity contribution in [2.45, 2.75) is 55.6 Å². The summed E-state index contributed by atoms with van der Waals surface area (Å²) in [4.78, 5) is 50.7. The minimum Gasteiger partial charge on any atom is -0.334 e. The number of aromatic nitrogens is 1. The molecule has 2 aromatic carbocycles. The number of anilines is 1. The Bertz CT molecular complexity index is 1560. The number of nitriles is 1. The van der Waals surface area contributed by atoms with E-state index < -0.39 is 11.5 Å². The molecule has 0 radical (unpaired) electrons. The number of carbonyl (C=O) groups is 3. The number of rotatable bonds is 3. The lowest BCUT2D eigenvalue weighted by Crippen LogP contribution is -2.58. The Kier molecular flexibility index (Phi) is 5.04. The third-order valence-electron chi connectivity index (χ3n) is 8.91. The van der Waals surface area contributed by atoms with Crippen LogP contribution in [0.5, 0.6) is 0 Å². The third kappa shape index (κ3) is 3.02. The summed E-state index contributed by atoms with van der Waals surface area (Å²) in [6, 6.07) is 15.1. The average molecular weight is 526 g/mol. The van der Waals surface area contributed by atoms with E-state index in [2.05, 4.69) is 11.1 Å². The van der Waals surface area contributed by atoms with Crippen LogP contribution >= 0.6 is 11.6 Å². The highest BCUT2D eigenvalue weighted by molar-refractivity contribution is 6.30. The van der Waals surface area contributed by atoms with E-state index >= 15 is 0 Å². The first kappa shape index (κ1) is 23.2. The fourth-order valence-electron chi connectivity index (χ4n) is 7.21. The second-order valence-corrected chi connectivity index (χ2v) is 11.1. The van der Waals surface area contributed by atoms with Gasteiger partial charge in [-0.15, -0.1) is 0 Å². The zero-order valence-corrected chi connectivity index (χ0v) is 21.3. The van der Waals surface area contributed by atoms with E-state index in [0.29, 0.717) is 34.4 Å². The van der Waals surface area contributed by atoms with Crippen LogP contribution in [0.1, 0.15) is 43.4 Å². The topological polar surface area (TPSA) is 97.6 Å². The van der Waals surface area contributed by atoms with Gasteiger partial charge in [0.2, 0.25) is 5.91 Å². The van der Waals surface area contributed by atoms with Crippen molar-refractivity contribution in [2.75, 3.05) is 11.4 Å². The molecule has 8 nitrogen and oxygen atoms in total. The Morgan fingerprint density at radius 1 is 1.05 bits per heavy atom. The molecule has 3 atom stereocenters. The van der Waals surface area contributed by atoms with Gasteiger partial charge >= 0.3 is 6.03 Å². The van der Waals surface area contributed by atoms with Crippen molar-refractivity contribution in [3.63, 3.8) is 0 Å². The number of carbonyl (C=O) groups excluding carboxylic acids is 3. The Labute approximate surface area is 224 Å². The molecule has 4 fully saturated rings. The number of fused-ring (bicyclic) bond motifs is 6. The van der Waals surface area contributed by atoms with E-state index in [9.17, 15) is 19.6 Å². The van der Waals surface area contributed by atoms with Crippen LogP contribution < -0.4 is 4.90 Å². The number of urea groups is 1. The van der Waals surface area contributed by atoms with E-state index in [1.54, 1.807) is 29.2 Å². The first-order valence-electron chi connectivity index (χ1n) is 13.0. The fraction of sp³-hybridized carbons (Fsp3) is 0.345. The zero-order chi connectivity index (χ0) is 26.2. The Balaban J connectivity index is 1.24. The van der Waals surface area contributed by atoms with E-state index in [1.807, 2.05) is 29.2 Å². The fourth-order valence-corrected chi connectivity index (χ4v) is 7.33. The highest BCUT2D eigenvalue weighted by Gasteiger charge is 2.64. The van der Waals surface area contributed by atoms with Crippen LogP contribution in [0.4, 0.5) is 10.5 Å². The van der Waals surface area contributed by atoms with E-state index in [4.69, 9.17) is 11.6 Å². The number of hydrogen-bond donors (Lipinski definition) is 0. The molecular formula is C29H24ClN5O3. The van der Waals surface area contributed by atoms with Gasteiger partial charge in [0.15, 0.2) is 0 Å². The maximum absolute atomic E-state index is 14.2. The Morgan fingerprint density at radius 2 is 1.76 bits per heavy atom.